The molecule has 4 rings (SSSR count). The van der Waals surface area contributed by atoms with Gasteiger partial charge >= 0.3 is 6.09 Å². The number of aliphatic hydroxyl groups is 1. The van der Waals surface area contributed by atoms with Gasteiger partial charge in [-0.2, -0.15) is 0 Å². The summed E-state index contributed by atoms with van der Waals surface area (Å²) in [4.78, 5) is 83.5. The Bertz CT molecular complexity index is 1310. The monoisotopic (exact) mass is 658 g/mol. The second-order valence-electron chi connectivity index (χ2n) is 12.7. The van der Waals surface area contributed by atoms with Gasteiger partial charge in [-0.1, -0.05) is 44.2 Å². The quantitative estimate of drug-likeness (QED) is 0.298. The van der Waals surface area contributed by atoms with Crippen molar-refractivity contribution in [3.63, 3.8) is 0 Å². The average Bonchev–Trinajstić information content (AvgIpc) is 3.44. The molecular weight excluding hydrogens is 612 g/mol. The summed E-state index contributed by atoms with van der Waals surface area (Å²) in [6.07, 6.45) is -2.26. The predicted molar refractivity (Wildman–Crippen MR) is 167 cm³/mol. The van der Waals surface area contributed by atoms with E-state index < -0.39 is 78.5 Å². The van der Waals surface area contributed by atoms with E-state index in [1.165, 1.54) is 28.7 Å². The van der Waals surface area contributed by atoms with Crippen LogP contribution < -0.4 is 16.0 Å². The molecule has 15 nitrogen and oxygen atoms in total. The molecule has 2 bridgehead atoms. The Hall–Kier alpha value is -4.24. The first-order valence-electron chi connectivity index (χ1n) is 16.0. The maximum absolute atomic E-state index is 13.7. The van der Waals surface area contributed by atoms with Crippen LogP contribution in [0.4, 0.5) is 4.79 Å². The molecule has 0 unspecified atom stereocenters. The maximum atomic E-state index is 13.7. The van der Waals surface area contributed by atoms with Gasteiger partial charge in [0.2, 0.25) is 29.5 Å². The summed E-state index contributed by atoms with van der Waals surface area (Å²) in [6, 6.07) is 5.27. The molecule has 3 saturated heterocycles. The van der Waals surface area contributed by atoms with Crippen molar-refractivity contribution < 1.29 is 43.3 Å². The number of rotatable bonds is 6. The van der Waals surface area contributed by atoms with E-state index in [2.05, 4.69) is 16.0 Å². The minimum Gasteiger partial charge on any atom is -0.448 e. The zero-order chi connectivity index (χ0) is 34.2. The molecule has 4 N–H and O–H groups in total. The SMILES string of the molecule is CC(C)C[C@H]1NC(=O)CN(C(=O)CN2CCOC2=O)C[C@H]2OCC[C@H](NC(=O)[C@H](Cc3ccccc3)NC(=O)[C@H](C)N(C)C1=O)[C@@H]2O. The Morgan fingerprint density at radius 2 is 1.72 bits per heavy atom. The lowest BCUT2D eigenvalue weighted by Gasteiger charge is -2.38. The lowest BCUT2D eigenvalue weighted by Crippen LogP contribution is -2.60. The van der Waals surface area contributed by atoms with Crippen LogP contribution in [-0.2, 0) is 39.9 Å². The summed E-state index contributed by atoms with van der Waals surface area (Å²) >= 11 is 0. The van der Waals surface area contributed by atoms with Crippen LogP contribution in [0, 0.1) is 5.92 Å². The second kappa shape index (κ2) is 16.0. The number of likely N-dealkylation sites (N-methyl/N-ethyl adjacent to an activating group) is 1. The van der Waals surface area contributed by atoms with Crippen molar-refractivity contribution in [2.24, 2.45) is 5.92 Å². The van der Waals surface area contributed by atoms with Crippen LogP contribution in [0.1, 0.15) is 39.2 Å². The van der Waals surface area contributed by atoms with Crippen LogP contribution in [0.25, 0.3) is 0 Å². The zero-order valence-corrected chi connectivity index (χ0v) is 27.3. The molecule has 0 aromatic heterocycles. The van der Waals surface area contributed by atoms with E-state index in [1.54, 1.807) is 0 Å². The van der Waals surface area contributed by atoms with Gasteiger partial charge in [0.25, 0.3) is 0 Å². The van der Waals surface area contributed by atoms with Crippen LogP contribution in [0.15, 0.2) is 30.3 Å². The van der Waals surface area contributed by atoms with Gasteiger partial charge in [-0.05, 0) is 31.2 Å². The van der Waals surface area contributed by atoms with Gasteiger partial charge in [-0.25, -0.2) is 4.79 Å². The molecule has 0 aliphatic carbocycles. The van der Waals surface area contributed by atoms with E-state index in [0.29, 0.717) is 0 Å². The Labute approximate surface area is 274 Å². The zero-order valence-electron chi connectivity index (χ0n) is 27.3. The molecule has 0 saturated carbocycles. The molecule has 6 atom stereocenters. The van der Waals surface area contributed by atoms with Gasteiger partial charge in [0.1, 0.15) is 43.5 Å². The number of carbonyl (C=O) groups excluding carboxylic acids is 6. The summed E-state index contributed by atoms with van der Waals surface area (Å²) in [5.41, 5.74) is 0.789. The summed E-state index contributed by atoms with van der Waals surface area (Å²) in [6.45, 7) is 4.69. The minimum absolute atomic E-state index is 0.0172. The minimum atomic E-state index is -1.27. The Morgan fingerprint density at radius 1 is 1.00 bits per heavy atom. The van der Waals surface area contributed by atoms with Crippen LogP contribution in [0.2, 0.25) is 0 Å². The molecule has 3 aliphatic rings. The summed E-state index contributed by atoms with van der Waals surface area (Å²) in [5.74, 6) is -2.87. The lowest BCUT2D eigenvalue weighted by molar-refractivity contribution is -0.146. The molecule has 6 amide bonds. The van der Waals surface area contributed by atoms with Crippen LogP contribution in [-0.4, -0.2) is 138 Å². The Balaban J connectivity index is 1.66. The van der Waals surface area contributed by atoms with Gasteiger partial charge in [-0.15, -0.1) is 0 Å². The Kier molecular flexibility index (Phi) is 12.2. The fraction of sp³-hybridized carbons (Fsp3) is 0.625. The molecule has 3 heterocycles. The number of ether oxygens (including phenoxy) is 2. The largest absolute Gasteiger partial charge is 0.448 e. The predicted octanol–water partition coefficient (Wildman–Crippen LogP) is -0.979. The third-order valence-electron chi connectivity index (χ3n) is 8.70. The maximum Gasteiger partial charge on any atom is 0.410 e. The van der Waals surface area contributed by atoms with Crippen LogP contribution in [0.3, 0.4) is 0 Å². The van der Waals surface area contributed by atoms with Crippen molar-refractivity contribution in [3.8, 4) is 0 Å². The number of aliphatic hydroxyl groups excluding tert-OH is 1. The number of hydrogen-bond acceptors (Lipinski definition) is 9. The number of amides is 6. The third-order valence-corrected chi connectivity index (χ3v) is 8.70. The first-order valence-corrected chi connectivity index (χ1v) is 16.0. The van der Waals surface area contributed by atoms with Crippen molar-refractivity contribution in [2.75, 3.05) is 46.4 Å². The number of carbonyl (C=O) groups is 6. The van der Waals surface area contributed by atoms with Crippen molar-refractivity contribution in [1.82, 2.24) is 30.7 Å². The normalized spacial score (nSPS) is 28.4. The van der Waals surface area contributed by atoms with Crippen molar-refractivity contribution in [1.29, 1.82) is 0 Å². The van der Waals surface area contributed by atoms with Gasteiger partial charge < -0.3 is 40.3 Å². The molecule has 3 aliphatic heterocycles. The Morgan fingerprint density at radius 3 is 2.38 bits per heavy atom. The molecule has 15 heteroatoms. The molecule has 1 aromatic carbocycles. The van der Waals surface area contributed by atoms with Crippen molar-refractivity contribution in [3.05, 3.63) is 35.9 Å². The topological polar surface area (TPSA) is 187 Å². The highest BCUT2D eigenvalue weighted by molar-refractivity contribution is 5.95. The molecule has 47 heavy (non-hydrogen) atoms. The smallest absolute Gasteiger partial charge is 0.410 e. The lowest BCUT2D eigenvalue weighted by atomic mass is 9.97. The molecule has 1 aromatic rings. The number of hydrogen-bond donors (Lipinski definition) is 4. The molecule has 3 fully saturated rings. The summed E-state index contributed by atoms with van der Waals surface area (Å²) in [7, 11) is 1.45. The average molecular weight is 659 g/mol. The number of benzene rings is 1. The van der Waals surface area contributed by atoms with Gasteiger partial charge in [0, 0.05) is 20.1 Å². The van der Waals surface area contributed by atoms with Crippen LogP contribution in [0.5, 0.6) is 0 Å². The van der Waals surface area contributed by atoms with Crippen LogP contribution >= 0.6 is 0 Å². The molecular formula is C32H46N6O9. The van der Waals surface area contributed by atoms with E-state index in [-0.39, 0.29) is 58.0 Å². The molecule has 258 valence electrons. The third kappa shape index (κ3) is 9.41. The van der Waals surface area contributed by atoms with Gasteiger partial charge in [0.15, 0.2) is 0 Å². The van der Waals surface area contributed by atoms with Gasteiger partial charge in [-0.3, -0.25) is 28.9 Å². The highest BCUT2D eigenvalue weighted by atomic mass is 16.6. The van der Waals surface area contributed by atoms with Crippen molar-refractivity contribution in [2.45, 2.75) is 76.4 Å². The summed E-state index contributed by atoms with van der Waals surface area (Å²) < 4.78 is 10.8. The second-order valence-corrected chi connectivity index (χ2v) is 12.7. The van der Waals surface area contributed by atoms with Crippen molar-refractivity contribution >= 4 is 35.6 Å². The molecule has 0 radical (unpaired) electrons. The number of fused-ring (bicyclic) bond motifs is 2. The molecule has 0 spiro atoms. The highest BCUT2D eigenvalue weighted by Gasteiger charge is 2.39. The standard InChI is InChI=1S/C32H46N6O9/c1-19(2)14-24-31(44)36(4)20(3)29(42)35-23(15-21-8-6-5-7-9-21)30(43)34-22-10-12-46-25(28(22)41)16-38(17-26(39)33-24)27(40)18-37-11-13-47-32(37)45/h5-9,19-20,22-25,28,41H,10-18H2,1-4H3,(H,33,39)(H,34,43)(H,35,42)/t20-,22-,23-,24+,25+,28-/m0/s1. The van der Waals surface area contributed by atoms with E-state index in [9.17, 15) is 33.9 Å². The number of nitrogens with one attached hydrogen (secondary N) is 3. The number of cyclic esters (lactones) is 1. The van der Waals surface area contributed by atoms with E-state index >= 15 is 0 Å². The number of nitrogens with zero attached hydrogens (tertiary/aromatic N) is 3. The first kappa shape index (κ1) is 35.6. The van der Waals surface area contributed by atoms with Gasteiger partial charge in [0.05, 0.1) is 25.7 Å². The van der Waals surface area contributed by atoms with E-state index in [0.717, 1.165) is 5.56 Å². The fourth-order valence-electron chi connectivity index (χ4n) is 5.85. The first-order chi connectivity index (χ1) is 22.3. The van der Waals surface area contributed by atoms with E-state index in [1.807, 2.05) is 44.2 Å². The van der Waals surface area contributed by atoms with E-state index in [4.69, 9.17) is 9.47 Å². The summed E-state index contributed by atoms with van der Waals surface area (Å²) in [5, 5.41) is 19.7. The highest BCUT2D eigenvalue weighted by Crippen LogP contribution is 2.18. The fourth-order valence-corrected chi connectivity index (χ4v) is 5.85.